The van der Waals surface area contributed by atoms with E-state index in [0.717, 1.165) is 25.2 Å². The van der Waals surface area contributed by atoms with Crippen LogP contribution < -0.4 is 4.74 Å². The van der Waals surface area contributed by atoms with E-state index >= 15 is 0 Å². The van der Waals surface area contributed by atoms with E-state index in [-0.39, 0.29) is 0 Å². The molecule has 0 fully saturated rings. The van der Waals surface area contributed by atoms with Gasteiger partial charge >= 0.3 is 0 Å². The lowest BCUT2D eigenvalue weighted by Gasteiger charge is -2.07. The number of unbranched alkanes of at least 4 members (excludes halogenated alkanes) is 1. The van der Waals surface area contributed by atoms with Crippen LogP contribution in [0.4, 0.5) is 0 Å². The van der Waals surface area contributed by atoms with Gasteiger partial charge in [-0.15, -0.1) is 0 Å². The number of rotatable bonds is 6. The standard InChI is InChI=1S/C14H21O/c1-4-5-10-15-14-8-6-13(7-9-14)11-12(2)3/h6-8,12H,4-5,10-11H2,1-3H3. The first-order chi connectivity index (χ1) is 7.22. The molecule has 0 aromatic heterocycles. The van der Waals surface area contributed by atoms with Gasteiger partial charge in [0.2, 0.25) is 0 Å². The van der Waals surface area contributed by atoms with E-state index in [1.165, 1.54) is 12.0 Å². The molecule has 0 saturated carbocycles. The highest BCUT2D eigenvalue weighted by Gasteiger charge is 1.98. The Morgan fingerprint density at radius 1 is 1.33 bits per heavy atom. The molecule has 15 heavy (non-hydrogen) atoms. The van der Waals surface area contributed by atoms with Crippen molar-refractivity contribution in [3.63, 3.8) is 0 Å². The largest absolute Gasteiger partial charge is 0.493 e. The number of ether oxygens (including phenoxy) is 1. The molecule has 0 heterocycles. The molecule has 0 spiro atoms. The van der Waals surface area contributed by atoms with Crippen molar-refractivity contribution in [1.29, 1.82) is 0 Å². The molecule has 0 unspecified atom stereocenters. The minimum Gasteiger partial charge on any atom is -0.493 e. The molecule has 0 N–H and O–H groups in total. The molecular weight excluding hydrogens is 184 g/mol. The molecule has 0 amide bonds. The normalized spacial score (nSPS) is 10.7. The third-order valence-corrected chi connectivity index (χ3v) is 2.25. The maximum absolute atomic E-state index is 5.55. The van der Waals surface area contributed by atoms with Gasteiger partial charge in [0, 0.05) is 6.07 Å². The monoisotopic (exact) mass is 205 g/mol. The zero-order chi connectivity index (χ0) is 11.1. The van der Waals surface area contributed by atoms with Crippen molar-refractivity contribution in [3.05, 3.63) is 29.8 Å². The van der Waals surface area contributed by atoms with Crippen LogP contribution in [0.1, 0.15) is 39.2 Å². The van der Waals surface area contributed by atoms with E-state index in [0.29, 0.717) is 5.92 Å². The highest BCUT2D eigenvalue weighted by Crippen LogP contribution is 2.14. The average Bonchev–Trinajstić information content (AvgIpc) is 2.20. The van der Waals surface area contributed by atoms with Crippen LogP contribution in [0.5, 0.6) is 5.75 Å². The van der Waals surface area contributed by atoms with Gasteiger partial charge in [0.05, 0.1) is 6.61 Å². The van der Waals surface area contributed by atoms with Crippen LogP contribution in [0.3, 0.4) is 0 Å². The lowest BCUT2D eigenvalue weighted by molar-refractivity contribution is 0.308. The number of benzene rings is 1. The van der Waals surface area contributed by atoms with Crippen LogP contribution >= 0.6 is 0 Å². The smallest absolute Gasteiger partial charge is 0.127 e. The predicted octanol–water partition coefficient (Wildman–Crippen LogP) is 3.86. The Morgan fingerprint density at radius 3 is 2.67 bits per heavy atom. The average molecular weight is 205 g/mol. The summed E-state index contributed by atoms with van der Waals surface area (Å²) in [5.74, 6) is 1.57. The lowest BCUT2D eigenvalue weighted by atomic mass is 10.0. The van der Waals surface area contributed by atoms with E-state index in [1.54, 1.807) is 0 Å². The quantitative estimate of drug-likeness (QED) is 0.641. The van der Waals surface area contributed by atoms with Gasteiger partial charge < -0.3 is 4.74 Å². The zero-order valence-electron chi connectivity index (χ0n) is 10.0. The molecule has 1 nitrogen and oxygen atoms in total. The number of hydrogen-bond donors (Lipinski definition) is 0. The fraction of sp³-hybridized carbons (Fsp3) is 0.571. The van der Waals surface area contributed by atoms with Crippen molar-refractivity contribution in [2.24, 2.45) is 5.92 Å². The van der Waals surface area contributed by atoms with Crippen molar-refractivity contribution in [1.82, 2.24) is 0 Å². The summed E-state index contributed by atoms with van der Waals surface area (Å²) in [6.45, 7) is 7.42. The molecule has 83 valence electrons. The summed E-state index contributed by atoms with van der Waals surface area (Å²) in [6, 6.07) is 9.38. The van der Waals surface area contributed by atoms with E-state index in [4.69, 9.17) is 4.74 Å². The van der Waals surface area contributed by atoms with E-state index in [9.17, 15) is 0 Å². The van der Waals surface area contributed by atoms with Gasteiger partial charge in [-0.05, 0) is 36.5 Å². The summed E-state index contributed by atoms with van der Waals surface area (Å²) in [4.78, 5) is 0. The van der Waals surface area contributed by atoms with Gasteiger partial charge in [-0.2, -0.15) is 0 Å². The Balaban J connectivity index is 2.42. The van der Waals surface area contributed by atoms with Gasteiger partial charge in [0.15, 0.2) is 0 Å². The van der Waals surface area contributed by atoms with E-state index < -0.39 is 0 Å². The van der Waals surface area contributed by atoms with E-state index in [2.05, 4.69) is 32.9 Å². The SMILES string of the molecule is CCCCOc1[c]cc(CC(C)C)cc1. The molecule has 1 aromatic carbocycles. The molecular formula is C14H21O. The van der Waals surface area contributed by atoms with Crippen molar-refractivity contribution in [2.75, 3.05) is 6.61 Å². The Kier molecular flexibility index (Phi) is 5.23. The van der Waals surface area contributed by atoms with Gasteiger partial charge in [-0.1, -0.05) is 33.3 Å². The second-order valence-electron chi connectivity index (χ2n) is 4.36. The van der Waals surface area contributed by atoms with Crippen LogP contribution in [-0.4, -0.2) is 6.61 Å². The second-order valence-corrected chi connectivity index (χ2v) is 4.36. The molecule has 0 atom stereocenters. The molecule has 1 radical (unpaired) electrons. The number of hydrogen-bond acceptors (Lipinski definition) is 1. The predicted molar refractivity (Wildman–Crippen MR) is 64.2 cm³/mol. The minimum absolute atomic E-state index is 0.699. The van der Waals surface area contributed by atoms with Crippen molar-refractivity contribution in [2.45, 2.75) is 40.0 Å². The van der Waals surface area contributed by atoms with Crippen molar-refractivity contribution in [3.8, 4) is 5.75 Å². The lowest BCUT2D eigenvalue weighted by Crippen LogP contribution is -1.97. The minimum atomic E-state index is 0.699. The third kappa shape index (κ3) is 4.87. The molecule has 1 heteroatoms. The Bertz CT molecular complexity index is 261. The van der Waals surface area contributed by atoms with Gasteiger partial charge in [0.25, 0.3) is 0 Å². The molecule has 0 aliphatic carbocycles. The Morgan fingerprint density at radius 2 is 2.13 bits per heavy atom. The summed E-state index contributed by atoms with van der Waals surface area (Å²) in [5.41, 5.74) is 1.34. The Labute approximate surface area is 93.5 Å². The fourth-order valence-electron chi connectivity index (χ4n) is 1.46. The topological polar surface area (TPSA) is 9.23 Å². The first kappa shape index (κ1) is 12.1. The zero-order valence-corrected chi connectivity index (χ0v) is 10.0. The van der Waals surface area contributed by atoms with Crippen LogP contribution in [0.15, 0.2) is 18.2 Å². The second kappa shape index (κ2) is 6.49. The summed E-state index contributed by atoms with van der Waals surface area (Å²) >= 11 is 0. The Hall–Kier alpha value is -0.980. The first-order valence-electron chi connectivity index (χ1n) is 5.85. The van der Waals surface area contributed by atoms with Crippen LogP contribution in [0, 0.1) is 12.0 Å². The summed E-state index contributed by atoms with van der Waals surface area (Å²) in [5, 5.41) is 0. The van der Waals surface area contributed by atoms with Crippen molar-refractivity contribution < 1.29 is 4.74 Å². The fourth-order valence-corrected chi connectivity index (χ4v) is 1.46. The molecule has 0 saturated heterocycles. The molecule has 1 aromatic rings. The van der Waals surface area contributed by atoms with Gasteiger partial charge in [-0.25, -0.2) is 0 Å². The highest BCUT2D eigenvalue weighted by atomic mass is 16.5. The maximum Gasteiger partial charge on any atom is 0.127 e. The van der Waals surface area contributed by atoms with Crippen LogP contribution in [0.25, 0.3) is 0 Å². The third-order valence-electron chi connectivity index (χ3n) is 2.25. The summed E-state index contributed by atoms with van der Waals surface area (Å²) in [7, 11) is 0. The van der Waals surface area contributed by atoms with Crippen molar-refractivity contribution >= 4 is 0 Å². The molecule has 0 bridgehead atoms. The first-order valence-corrected chi connectivity index (χ1v) is 5.85. The summed E-state index contributed by atoms with van der Waals surface area (Å²) in [6.07, 6.45) is 3.40. The molecule has 0 aliphatic heterocycles. The summed E-state index contributed by atoms with van der Waals surface area (Å²) < 4.78 is 5.55. The van der Waals surface area contributed by atoms with Gasteiger partial charge in [-0.3, -0.25) is 0 Å². The van der Waals surface area contributed by atoms with Gasteiger partial charge in [0.1, 0.15) is 5.75 Å². The van der Waals surface area contributed by atoms with Crippen LogP contribution in [0.2, 0.25) is 0 Å². The molecule has 0 aliphatic rings. The maximum atomic E-state index is 5.55. The molecule has 1 rings (SSSR count). The van der Waals surface area contributed by atoms with E-state index in [1.807, 2.05) is 12.1 Å². The highest BCUT2D eigenvalue weighted by molar-refractivity contribution is 5.26. The van der Waals surface area contributed by atoms with Crippen LogP contribution in [-0.2, 0) is 6.42 Å².